The molecule has 0 spiro atoms. The first kappa shape index (κ1) is 17.7. The van der Waals surface area contributed by atoms with Crippen molar-refractivity contribution in [3.05, 3.63) is 35.0 Å². The minimum atomic E-state index is 0.354. The highest BCUT2D eigenvalue weighted by Gasteiger charge is 2.29. The third-order valence-corrected chi connectivity index (χ3v) is 5.99. The SMILES string of the molecule is Cc1cc([C@@H]2CCCN2Cc2cnn(CCN3CCCCC3)c2C)on1. The molecule has 4 rings (SSSR count). The summed E-state index contributed by atoms with van der Waals surface area (Å²) >= 11 is 0. The highest BCUT2D eigenvalue weighted by Crippen LogP contribution is 2.33. The van der Waals surface area contributed by atoms with Crippen LogP contribution in [0.2, 0.25) is 0 Å². The van der Waals surface area contributed by atoms with Gasteiger partial charge < -0.3 is 9.42 Å². The summed E-state index contributed by atoms with van der Waals surface area (Å²) < 4.78 is 7.73. The number of rotatable bonds is 6. The van der Waals surface area contributed by atoms with E-state index in [4.69, 9.17) is 4.52 Å². The third kappa shape index (κ3) is 3.86. The van der Waals surface area contributed by atoms with Crippen molar-refractivity contribution in [3.63, 3.8) is 0 Å². The predicted molar refractivity (Wildman–Crippen MR) is 101 cm³/mol. The number of hydrogen-bond acceptors (Lipinski definition) is 5. The highest BCUT2D eigenvalue weighted by molar-refractivity contribution is 5.18. The molecule has 0 saturated carbocycles. The van der Waals surface area contributed by atoms with Crippen LogP contribution in [0.3, 0.4) is 0 Å². The lowest BCUT2D eigenvalue weighted by molar-refractivity contribution is 0.205. The molecule has 2 saturated heterocycles. The molecule has 0 aliphatic carbocycles. The van der Waals surface area contributed by atoms with Gasteiger partial charge in [-0.3, -0.25) is 9.58 Å². The van der Waals surface area contributed by atoms with Crippen molar-refractivity contribution >= 4 is 0 Å². The van der Waals surface area contributed by atoms with Crippen molar-refractivity contribution in [2.75, 3.05) is 26.2 Å². The van der Waals surface area contributed by atoms with Gasteiger partial charge in [0, 0.05) is 30.4 Å². The zero-order valence-electron chi connectivity index (χ0n) is 16.2. The van der Waals surface area contributed by atoms with Gasteiger partial charge in [-0.05, 0) is 59.2 Å². The van der Waals surface area contributed by atoms with Crippen LogP contribution in [0.15, 0.2) is 16.8 Å². The van der Waals surface area contributed by atoms with Gasteiger partial charge in [0.15, 0.2) is 5.76 Å². The molecule has 142 valence electrons. The lowest BCUT2D eigenvalue weighted by Gasteiger charge is -2.26. The van der Waals surface area contributed by atoms with Gasteiger partial charge in [0.25, 0.3) is 0 Å². The number of aryl methyl sites for hydroxylation is 1. The molecule has 0 unspecified atom stereocenters. The smallest absolute Gasteiger partial charge is 0.154 e. The van der Waals surface area contributed by atoms with E-state index in [0.29, 0.717) is 6.04 Å². The first-order chi connectivity index (χ1) is 12.7. The Kier molecular flexibility index (Phi) is 5.41. The van der Waals surface area contributed by atoms with E-state index in [1.54, 1.807) is 0 Å². The molecule has 2 aromatic heterocycles. The second-order valence-electron chi connectivity index (χ2n) is 7.88. The third-order valence-electron chi connectivity index (χ3n) is 5.99. The van der Waals surface area contributed by atoms with Crippen LogP contribution in [0.1, 0.15) is 60.9 Å². The molecule has 0 radical (unpaired) electrons. The molecular weight excluding hydrogens is 326 g/mol. The molecule has 0 N–H and O–H groups in total. The van der Waals surface area contributed by atoms with Crippen LogP contribution in [0.5, 0.6) is 0 Å². The van der Waals surface area contributed by atoms with Crippen LogP contribution < -0.4 is 0 Å². The first-order valence-electron chi connectivity index (χ1n) is 10.1. The summed E-state index contributed by atoms with van der Waals surface area (Å²) in [6, 6.07) is 2.44. The Balaban J connectivity index is 1.38. The summed E-state index contributed by atoms with van der Waals surface area (Å²) in [5.41, 5.74) is 3.61. The minimum absolute atomic E-state index is 0.354. The Bertz CT molecular complexity index is 716. The fraction of sp³-hybridized carbons (Fsp3) is 0.700. The molecular formula is C20H31N5O. The Labute approximate surface area is 156 Å². The van der Waals surface area contributed by atoms with E-state index in [-0.39, 0.29) is 0 Å². The highest BCUT2D eigenvalue weighted by atomic mass is 16.5. The normalized spacial score (nSPS) is 22.3. The lowest BCUT2D eigenvalue weighted by atomic mass is 10.1. The van der Waals surface area contributed by atoms with Crippen molar-refractivity contribution < 1.29 is 4.52 Å². The van der Waals surface area contributed by atoms with Crippen LogP contribution in [0.25, 0.3) is 0 Å². The van der Waals surface area contributed by atoms with Crippen molar-refractivity contribution in [1.29, 1.82) is 0 Å². The summed E-state index contributed by atoms with van der Waals surface area (Å²) in [4.78, 5) is 5.09. The molecule has 4 heterocycles. The van der Waals surface area contributed by atoms with Crippen LogP contribution >= 0.6 is 0 Å². The van der Waals surface area contributed by atoms with Gasteiger partial charge in [0.2, 0.25) is 0 Å². The van der Waals surface area contributed by atoms with E-state index in [1.165, 1.54) is 50.0 Å². The Morgan fingerprint density at radius 3 is 2.69 bits per heavy atom. The maximum atomic E-state index is 5.54. The second kappa shape index (κ2) is 7.92. The van der Waals surface area contributed by atoms with E-state index < -0.39 is 0 Å². The van der Waals surface area contributed by atoms with Crippen LogP contribution in [0, 0.1) is 13.8 Å². The zero-order chi connectivity index (χ0) is 17.9. The molecule has 26 heavy (non-hydrogen) atoms. The summed E-state index contributed by atoms with van der Waals surface area (Å²) in [7, 11) is 0. The maximum absolute atomic E-state index is 5.54. The summed E-state index contributed by atoms with van der Waals surface area (Å²) in [5.74, 6) is 1.01. The standard InChI is InChI=1S/C20H31N5O/c1-16-13-20(26-22-16)19-7-6-10-24(19)15-18-14-21-25(17(18)2)12-11-23-8-4-3-5-9-23/h13-14,19H,3-12,15H2,1-2H3/t19-/m0/s1. The number of likely N-dealkylation sites (tertiary alicyclic amines) is 2. The average molecular weight is 358 g/mol. The summed E-state index contributed by atoms with van der Waals surface area (Å²) in [5, 5.41) is 8.74. The molecule has 2 aliphatic rings. The number of aromatic nitrogens is 3. The summed E-state index contributed by atoms with van der Waals surface area (Å²) in [6.07, 6.45) is 8.51. The van der Waals surface area contributed by atoms with E-state index in [0.717, 1.165) is 44.1 Å². The molecule has 2 aliphatic heterocycles. The quantitative estimate of drug-likeness (QED) is 0.794. The monoisotopic (exact) mass is 357 g/mol. The molecule has 2 aromatic rings. The molecule has 0 bridgehead atoms. The fourth-order valence-electron chi connectivity index (χ4n) is 4.38. The zero-order valence-corrected chi connectivity index (χ0v) is 16.2. The number of piperidine rings is 1. The summed E-state index contributed by atoms with van der Waals surface area (Å²) in [6.45, 7) is 10.9. The van der Waals surface area contributed by atoms with Gasteiger partial charge >= 0.3 is 0 Å². The van der Waals surface area contributed by atoms with Crippen molar-refractivity contribution in [3.8, 4) is 0 Å². The second-order valence-corrected chi connectivity index (χ2v) is 7.88. The molecule has 0 amide bonds. The average Bonchev–Trinajstić information content (AvgIpc) is 3.36. The van der Waals surface area contributed by atoms with E-state index in [2.05, 4.69) is 43.9 Å². The molecule has 6 nitrogen and oxygen atoms in total. The molecule has 1 atom stereocenters. The Morgan fingerprint density at radius 1 is 1.08 bits per heavy atom. The molecule has 6 heteroatoms. The van der Waals surface area contributed by atoms with Gasteiger partial charge in [-0.25, -0.2) is 0 Å². The van der Waals surface area contributed by atoms with E-state index in [9.17, 15) is 0 Å². The van der Waals surface area contributed by atoms with Crippen molar-refractivity contribution in [2.24, 2.45) is 0 Å². The largest absolute Gasteiger partial charge is 0.359 e. The van der Waals surface area contributed by atoms with Gasteiger partial charge in [-0.2, -0.15) is 5.10 Å². The predicted octanol–water partition coefficient (Wildman–Crippen LogP) is 3.31. The Morgan fingerprint density at radius 2 is 1.92 bits per heavy atom. The minimum Gasteiger partial charge on any atom is -0.359 e. The van der Waals surface area contributed by atoms with Crippen LogP contribution in [-0.4, -0.2) is 50.9 Å². The van der Waals surface area contributed by atoms with Gasteiger partial charge in [0.05, 0.1) is 24.5 Å². The lowest BCUT2D eigenvalue weighted by Crippen LogP contribution is -2.33. The number of nitrogens with zero attached hydrogens (tertiary/aromatic N) is 5. The first-order valence-corrected chi connectivity index (χ1v) is 10.1. The van der Waals surface area contributed by atoms with Crippen LogP contribution in [0.4, 0.5) is 0 Å². The topological polar surface area (TPSA) is 50.3 Å². The van der Waals surface area contributed by atoms with Crippen LogP contribution in [-0.2, 0) is 13.1 Å². The molecule has 0 aromatic carbocycles. The fourth-order valence-corrected chi connectivity index (χ4v) is 4.38. The van der Waals surface area contributed by atoms with E-state index in [1.807, 2.05) is 6.92 Å². The van der Waals surface area contributed by atoms with E-state index >= 15 is 0 Å². The van der Waals surface area contributed by atoms with Crippen molar-refractivity contribution in [2.45, 2.75) is 65.1 Å². The number of hydrogen-bond donors (Lipinski definition) is 0. The van der Waals surface area contributed by atoms with Crippen molar-refractivity contribution in [1.82, 2.24) is 24.7 Å². The maximum Gasteiger partial charge on any atom is 0.154 e. The van der Waals surface area contributed by atoms with Gasteiger partial charge in [-0.1, -0.05) is 11.6 Å². The van der Waals surface area contributed by atoms with Gasteiger partial charge in [-0.15, -0.1) is 0 Å². The molecule has 2 fully saturated rings. The van der Waals surface area contributed by atoms with Gasteiger partial charge in [0.1, 0.15) is 0 Å². The Hall–Kier alpha value is -1.66.